The van der Waals surface area contributed by atoms with Crippen LogP contribution in [-0.2, 0) is 23.0 Å². The minimum Gasteiger partial charge on any atom is -0.497 e. The Labute approximate surface area is 181 Å². The molecule has 7 nitrogen and oxygen atoms in total. The van der Waals surface area contributed by atoms with Gasteiger partial charge in [0.05, 0.1) is 17.6 Å². The maximum atomic E-state index is 12.6. The highest BCUT2D eigenvalue weighted by atomic mass is 32.2. The summed E-state index contributed by atoms with van der Waals surface area (Å²) in [6.07, 6.45) is 0.492. The molecule has 0 aliphatic rings. The Bertz CT molecular complexity index is 1130. The molecule has 3 aromatic carbocycles. The Morgan fingerprint density at radius 2 is 1.68 bits per heavy atom. The first-order chi connectivity index (χ1) is 14.9. The van der Waals surface area contributed by atoms with Gasteiger partial charge >= 0.3 is 5.97 Å². The van der Waals surface area contributed by atoms with Crippen molar-refractivity contribution < 1.29 is 23.1 Å². The van der Waals surface area contributed by atoms with E-state index in [9.17, 15) is 18.3 Å². The second-order valence-electron chi connectivity index (χ2n) is 6.85. The molecule has 3 aromatic rings. The summed E-state index contributed by atoms with van der Waals surface area (Å²) in [5, 5.41) is 12.6. The molecule has 0 fully saturated rings. The van der Waals surface area contributed by atoms with Gasteiger partial charge in [-0.3, -0.25) is 0 Å². The quantitative estimate of drug-likeness (QED) is 0.446. The summed E-state index contributed by atoms with van der Waals surface area (Å²) in [6.45, 7) is 0.610. The van der Waals surface area contributed by atoms with Crippen LogP contribution in [0.1, 0.15) is 21.5 Å². The highest BCUT2D eigenvalue weighted by Gasteiger charge is 2.18. The van der Waals surface area contributed by atoms with Crippen molar-refractivity contribution in [2.24, 2.45) is 0 Å². The molecule has 0 heterocycles. The molecule has 0 aliphatic carbocycles. The van der Waals surface area contributed by atoms with Crippen LogP contribution >= 0.6 is 0 Å². The van der Waals surface area contributed by atoms with Gasteiger partial charge in [0.15, 0.2) is 0 Å². The maximum Gasteiger partial charge on any atom is 0.337 e. The molecular weight excluding hydrogens is 416 g/mol. The molecule has 3 N–H and O–H groups in total. The Balaban J connectivity index is 1.68. The smallest absolute Gasteiger partial charge is 0.337 e. The number of ether oxygens (including phenoxy) is 1. The van der Waals surface area contributed by atoms with Gasteiger partial charge in [0.25, 0.3) is 0 Å². The highest BCUT2D eigenvalue weighted by molar-refractivity contribution is 7.89. The van der Waals surface area contributed by atoms with Gasteiger partial charge in [0.2, 0.25) is 10.0 Å². The lowest BCUT2D eigenvalue weighted by Crippen LogP contribution is -2.26. The number of aromatic carboxylic acids is 1. The van der Waals surface area contributed by atoms with Crippen LogP contribution in [0.3, 0.4) is 0 Å². The van der Waals surface area contributed by atoms with Crippen LogP contribution in [0.15, 0.2) is 77.7 Å². The van der Waals surface area contributed by atoms with Gasteiger partial charge in [-0.15, -0.1) is 0 Å². The van der Waals surface area contributed by atoms with Crippen molar-refractivity contribution in [1.82, 2.24) is 4.72 Å². The summed E-state index contributed by atoms with van der Waals surface area (Å²) in [4.78, 5) is 11.6. The normalized spacial score (nSPS) is 11.1. The van der Waals surface area contributed by atoms with Crippen LogP contribution in [0.2, 0.25) is 0 Å². The summed E-state index contributed by atoms with van der Waals surface area (Å²) < 4.78 is 32.9. The number of rotatable bonds is 10. The van der Waals surface area contributed by atoms with Gasteiger partial charge in [0, 0.05) is 18.8 Å². The molecule has 0 radical (unpaired) electrons. The minimum atomic E-state index is -3.85. The average molecular weight is 441 g/mol. The summed E-state index contributed by atoms with van der Waals surface area (Å²) in [6, 6.07) is 20.9. The van der Waals surface area contributed by atoms with E-state index in [1.54, 1.807) is 7.11 Å². The summed E-state index contributed by atoms with van der Waals surface area (Å²) in [5.74, 6) is -0.475. The Hall–Kier alpha value is -3.36. The summed E-state index contributed by atoms with van der Waals surface area (Å²) >= 11 is 0. The van der Waals surface area contributed by atoms with Crippen LogP contribution in [0.4, 0.5) is 5.69 Å². The Kier molecular flexibility index (Phi) is 7.28. The number of nitrogens with one attached hydrogen (secondary N) is 2. The van der Waals surface area contributed by atoms with Crippen LogP contribution < -0.4 is 14.8 Å². The van der Waals surface area contributed by atoms with E-state index in [1.807, 2.05) is 54.6 Å². The molecule has 0 saturated carbocycles. The number of benzene rings is 3. The first kappa shape index (κ1) is 22.3. The first-order valence-corrected chi connectivity index (χ1v) is 11.1. The second-order valence-corrected chi connectivity index (χ2v) is 8.61. The van der Waals surface area contributed by atoms with Gasteiger partial charge < -0.3 is 15.2 Å². The third kappa shape index (κ3) is 6.07. The number of sulfonamides is 1. The fourth-order valence-corrected chi connectivity index (χ4v) is 4.08. The van der Waals surface area contributed by atoms with E-state index in [0.29, 0.717) is 18.7 Å². The van der Waals surface area contributed by atoms with E-state index in [-0.39, 0.29) is 17.0 Å². The summed E-state index contributed by atoms with van der Waals surface area (Å²) in [7, 11) is -2.27. The predicted octanol–water partition coefficient (Wildman–Crippen LogP) is 3.53. The van der Waals surface area contributed by atoms with E-state index < -0.39 is 16.0 Å². The third-order valence-electron chi connectivity index (χ3n) is 4.72. The fourth-order valence-electron chi connectivity index (χ4n) is 3.02. The molecule has 0 aliphatic heterocycles. The molecule has 0 atom stereocenters. The molecule has 3 rings (SSSR count). The van der Waals surface area contributed by atoms with Gasteiger partial charge in [0.1, 0.15) is 5.75 Å². The largest absolute Gasteiger partial charge is 0.497 e. The SMILES string of the molecule is COc1ccc(CCNS(=O)(=O)c2ccc(NCc3ccccc3)c(C(=O)O)c2)cc1. The zero-order chi connectivity index (χ0) is 22.3. The van der Waals surface area contributed by atoms with Crippen molar-refractivity contribution in [3.05, 3.63) is 89.5 Å². The van der Waals surface area contributed by atoms with Gasteiger partial charge in [-0.25, -0.2) is 17.9 Å². The van der Waals surface area contributed by atoms with Crippen molar-refractivity contribution in [3.8, 4) is 5.75 Å². The highest BCUT2D eigenvalue weighted by Crippen LogP contribution is 2.22. The van der Waals surface area contributed by atoms with Crippen molar-refractivity contribution in [2.75, 3.05) is 19.0 Å². The molecule has 0 aromatic heterocycles. The zero-order valence-corrected chi connectivity index (χ0v) is 17.9. The first-order valence-electron chi connectivity index (χ1n) is 9.67. The topological polar surface area (TPSA) is 105 Å². The van der Waals surface area contributed by atoms with E-state index in [4.69, 9.17) is 4.74 Å². The van der Waals surface area contributed by atoms with E-state index in [0.717, 1.165) is 16.9 Å². The number of anilines is 1. The van der Waals surface area contributed by atoms with Crippen molar-refractivity contribution in [3.63, 3.8) is 0 Å². The molecule has 0 unspecified atom stereocenters. The standard InChI is InChI=1S/C23H24N2O5S/c1-30-19-9-7-17(8-10-19)13-14-25-31(28,29)20-11-12-22(21(15-20)23(26)27)24-16-18-5-3-2-4-6-18/h2-12,15,24-25H,13-14,16H2,1H3,(H,26,27). The van der Waals surface area contributed by atoms with Crippen molar-refractivity contribution in [2.45, 2.75) is 17.9 Å². The van der Waals surface area contributed by atoms with E-state index >= 15 is 0 Å². The van der Waals surface area contributed by atoms with Crippen molar-refractivity contribution in [1.29, 1.82) is 0 Å². The Morgan fingerprint density at radius 1 is 0.968 bits per heavy atom. The molecular formula is C23H24N2O5S. The molecule has 162 valence electrons. The molecule has 31 heavy (non-hydrogen) atoms. The zero-order valence-electron chi connectivity index (χ0n) is 17.0. The lowest BCUT2D eigenvalue weighted by molar-refractivity contribution is 0.0697. The fraction of sp³-hybridized carbons (Fsp3) is 0.174. The lowest BCUT2D eigenvalue weighted by atomic mass is 10.1. The maximum absolute atomic E-state index is 12.6. The average Bonchev–Trinajstić information content (AvgIpc) is 2.78. The number of carbonyl (C=O) groups is 1. The monoisotopic (exact) mass is 440 g/mol. The van der Waals surface area contributed by atoms with Crippen LogP contribution in [0.25, 0.3) is 0 Å². The number of carboxylic acids is 1. The van der Waals surface area contributed by atoms with Crippen LogP contribution in [0.5, 0.6) is 5.75 Å². The number of methoxy groups -OCH3 is 1. The Morgan fingerprint density at radius 3 is 2.32 bits per heavy atom. The molecule has 8 heteroatoms. The second kappa shape index (κ2) is 10.1. The number of hydrogen-bond donors (Lipinski definition) is 3. The van der Waals surface area contributed by atoms with E-state index in [2.05, 4.69) is 10.0 Å². The predicted molar refractivity (Wildman–Crippen MR) is 119 cm³/mol. The number of hydrogen-bond acceptors (Lipinski definition) is 5. The molecule has 0 saturated heterocycles. The third-order valence-corrected chi connectivity index (χ3v) is 6.18. The lowest BCUT2D eigenvalue weighted by Gasteiger charge is -2.12. The van der Waals surface area contributed by atoms with Gasteiger partial charge in [-0.05, 0) is 47.9 Å². The van der Waals surface area contributed by atoms with Gasteiger partial charge in [-0.1, -0.05) is 42.5 Å². The van der Waals surface area contributed by atoms with Crippen LogP contribution in [0, 0.1) is 0 Å². The number of carboxylic acid groups (broad SMARTS) is 1. The van der Waals surface area contributed by atoms with E-state index in [1.165, 1.54) is 18.2 Å². The molecule has 0 bridgehead atoms. The summed E-state index contributed by atoms with van der Waals surface area (Å²) in [5.41, 5.74) is 2.19. The van der Waals surface area contributed by atoms with Gasteiger partial charge in [-0.2, -0.15) is 0 Å². The molecule has 0 spiro atoms. The minimum absolute atomic E-state index is 0.0927. The van der Waals surface area contributed by atoms with Crippen molar-refractivity contribution >= 4 is 21.7 Å². The van der Waals surface area contributed by atoms with Crippen LogP contribution in [-0.4, -0.2) is 33.1 Å². The molecule has 0 amide bonds.